The zero-order chi connectivity index (χ0) is 17.3. The average molecular weight is 347 g/mol. The Kier molecular flexibility index (Phi) is 4.76. The lowest BCUT2D eigenvalue weighted by Crippen LogP contribution is -2.27. The summed E-state index contributed by atoms with van der Waals surface area (Å²) in [5, 5.41) is 0. The van der Waals surface area contributed by atoms with Gasteiger partial charge in [0.25, 0.3) is 0 Å². The van der Waals surface area contributed by atoms with Gasteiger partial charge >= 0.3 is 6.18 Å². The molecule has 0 heterocycles. The van der Waals surface area contributed by atoms with Gasteiger partial charge in [-0.2, -0.15) is 13.2 Å². The second-order valence-electron chi connectivity index (χ2n) is 4.92. The van der Waals surface area contributed by atoms with Crippen molar-refractivity contribution in [1.82, 2.24) is 4.72 Å². The van der Waals surface area contributed by atoms with Crippen LogP contribution in [0.5, 0.6) is 0 Å². The number of hydrogen-bond acceptors (Lipinski definition) is 2. The fraction of sp³-hybridized carbons (Fsp3) is 0.200. The van der Waals surface area contributed by atoms with Crippen LogP contribution < -0.4 is 4.72 Å². The topological polar surface area (TPSA) is 46.2 Å². The molecule has 1 atom stereocenters. The minimum absolute atomic E-state index is 0.471. The maximum atomic E-state index is 12.9. The Balaban J connectivity index is 2.27. The second kappa shape index (κ2) is 6.29. The summed E-state index contributed by atoms with van der Waals surface area (Å²) in [6.45, 7) is 1.51. The lowest BCUT2D eigenvalue weighted by molar-refractivity contribution is -0.137. The van der Waals surface area contributed by atoms with Crippen LogP contribution in [0.1, 0.15) is 24.1 Å². The molecule has 2 aromatic carbocycles. The Bertz CT molecular complexity index is 786. The van der Waals surface area contributed by atoms with Gasteiger partial charge in [-0.05, 0) is 42.8 Å². The molecule has 0 aromatic heterocycles. The van der Waals surface area contributed by atoms with Crippen molar-refractivity contribution in [2.75, 3.05) is 0 Å². The smallest absolute Gasteiger partial charge is 0.207 e. The van der Waals surface area contributed by atoms with Crippen LogP contribution in [-0.4, -0.2) is 8.42 Å². The van der Waals surface area contributed by atoms with Crippen molar-refractivity contribution >= 4 is 10.0 Å². The molecule has 0 amide bonds. The number of nitrogens with one attached hydrogen (secondary N) is 1. The quantitative estimate of drug-likeness (QED) is 0.853. The molecular formula is C15H13F4NO2S. The lowest BCUT2D eigenvalue weighted by Gasteiger charge is -2.15. The molecule has 0 radical (unpaired) electrons. The first-order valence-corrected chi connectivity index (χ1v) is 8.03. The van der Waals surface area contributed by atoms with E-state index in [1.165, 1.54) is 31.2 Å². The molecule has 2 aromatic rings. The van der Waals surface area contributed by atoms with Crippen LogP contribution >= 0.6 is 0 Å². The summed E-state index contributed by atoms with van der Waals surface area (Å²) in [4.78, 5) is -0.485. The van der Waals surface area contributed by atoms with Gasteiger partial charge in [-0.15, -0.1) is 0 Å². The molecule has 0 aliphatic rings. The van der Waals surface area contributed by atoms with Crippen molar-refractivity contribution < 1.29 is 26.0 Å². The highest BCUT2D eigenvalue weighted by molar-refractivity contribution is 7.89. The molecule has 3 nitrogen and oxygen atoms in total. The second-order valence-corrected chi connectivity index (χ2v) is 6.63. The predicted octanol–water partition coefficient (Wildman–Crippen LogP) is 3.88. The van der Waals surface area contributed by atoms with E-state index >= 15 is 0 Å². The maximum absolute atomic E-state index is 12.9. The van der Waals surface area contributed by atoms with Crippen molar-refractivity contribution in [3.8, 4) is 0 Å². The molecule has 2 rings (SSSR count). The molecule has 0 aliphatic carbocycles. The monoisotopic (exact) mass is 347 g/mol. The molecule has 8 heteroatoms. The van der Waals surface area contributed by atoms with Gasteiger partial charge in [0.2, 0.25) is 10.0 Å². The number of hydrogen-bond donors (Lipinski definition) is 1. The predicted molar refractivity (Wildman–Crippen MR) is 76.6 cm³/mol. The van der Waals surface area contributed by atoms with E-state index in [0.717, 1.165) is 18.2 Å². The minimum atomic E-state index is -4.63. The molecule has 0 bridgehead atoms. The van der Waals surface area contributed by atoms with Crippen LogP contribution in [0.15, 0.2) is 53.4 Å². The Morgan fingerprint density at radius 2 is 1.65 bits per heavy atom. The first-order valence-electron chi connectivity index (χ1n) is 6.54. The normalized spacial score (nSPS) is 13.8. The summed E-state index contributed by atoms with van der Waals surface area (Å²) in [5.41, 5.74) is -0.559. The third-order valence-corrected chi connectivity index (χ3v) is 4.71. The summed E-state index contributed by atoms with van der Waals surface area (Å²) < 4.78 is 77.6. The number of rotatable bonds is 4. The number of alkyl halides is 3. The van der Waals surface area contributed by atoms with E-state index in [-0.39, 0.29) is 0 Å². The zero-order valence-electron chi connectivity index (χ0n) is 11.9. The third-order valence-electron chi connectivity index (χ3n) is 3.17. The molecular weight excluding hydrogens is 334 g/mol. The number of halogens is 4. The van der Waals surface area contributed by atoms with E-state index in [4.69, 9.17) is 0 Å². The Morgan fingerprint density at radius 3 is 2.22 bits per heavy atom. The van der Waals surface area contributed by atoms with Crippen molar-refractivity contribution in [3.05, 3.63) is 65.5 Å². The minimum Gasteiger partial charge on any atom is -0.207 e. The van der Waals surface area contributed by atoms with Gasteiger partial charge in [0.05, 0.1) is 10.5 Å². The maximum Gasteiger partial charge on any atom is 0.416 e. The number of benzene rings is 2. The van der Waals surface area contributed by atoms with Crippen molar-refractivity contribution in [3.63, 3.8) is 0 Å². The van der Waals surface area contributed by atoms with Crippen molar-refractivity contribution in [2.45, 2.75) is 24.0 Å². The van der Waals surface area contributed by atoms with Gasteiger partial charge in [-0.1, -0.05) is 18.2 Å². The molecule has 1 N–H and O–H groups in total. The molecule has 0 fully saturated rings. The van der Waals surface area contributed by atoms with E-state index in [0.29, 0.717) is 11.6 Å². The molecule has 0 aliphatic heterocycles. The van der Waals surface area contributed by atoms with Gasteiger partial charge in [-0.3, -0.25) is 0 Å². The Labute approximate surface area is 131 Å². The Hall–Kier alpha value is -1.93. The highest BCUT2D eigenvalue weighted by Gasteiger charge is 2.31. The molecule has 0 saturated heterocycles. The average Bonchev–Trinajstić information content (AvgIpc) is 2.46. The molecule has 124 valence electrons. The van der Waals surface area contributed by atoms with Crippen LogP contribution in [0.4, 0.5) is 17.6 Å². The largest absolute Gasteiger partial charge is 0.416 e. The van der Waals surface area contributed by atoms with E-state index in [2.05, 4.69) is 4.72 Å². The van der Waals surface area contributed by atoms with Gasteiger partial charge in [0, 0.05) is 6.04 Å². The van der Waals surface area contributed by atoms with E-state index in [9.17, 15) is 26.0 Å². The van der Waals surface area contributed by atoms with Crippen molar-refractivity contribution in [1.29, 1.82) is 0 Å². The molecule has 0 unspecified atom stereocenters. The molecule has 0 saturated carbocycles. The first kappa shape index (κ1) is 17.4. The summed E-state index contributed by atoms with van der Waals surface area (Å²) >= 11 is 0. The van der Waals surface area contributed by atoms with E-state index in [1.54, 1.807) is 0 Å². The lowest BCUT2D eigenvalue weighted by atomic mass is 10.1. The first-order chi connectivity index (χ1) is 10.6. The van der Waals surface area contributed by atoms with Gasteiger partial charge < -0.3 is 0 Å². The van der Waals surface area contributed by atoms with E-state index in [1.807, 2.05) is 0 Å². The van der Waals surface area contributed by atoms with Gasteiger partial charge in [0.1, 0.15) is 5.82 Å². The summed E-state index contributed by atoms with van der Waals surface area (Å²) in [7, 11) is -4.14. The fourth-order valence-corrected chi connectivity index (χ4v) is 3.24. The summed E-state index contributed by atoms with van der Waals surface area (Å²) in [5.74, 6) is -0.471. The van der Waals surface area contributed by atoms with Crippen molar-refractivity contribution in [2.24, 2.45) is 0 Å². The van der Waals surface area contributed by atoms with E-state index < -0.39 is 38.5 Å². The SMILES string of the molecule is C[C@H](NS(=O)(=O)c1cccc(C(F)(F)F)c1)c1ccc(F)cc1. The van der Waals surface area contributed by atoms with Gasteiger partial charge in [0.15, 0.2) is 0 Å². The standard InChI is InChI=1S/C15H13F4NO2S/c1-10(11-5-7-13(16)8-6-11)20-23(21,22)14-4-2-3-12(9-14)15(17,18)19/h2-10,20H,1H3/t10-/m0/s1. The van der Waals surface area contributed by atoms with Gasteiger partial charge in [-0.25, -0.2) is 17.5 Å². The summed E-state index contributed by atoms with van der Waals surface area (Å²) in [6.07, 6.45) is -4.63. The molecule has 23 heavy (non-hydrogen) atoms. The summed E-state index contributed by atoms with van der Waals surface area (Å²) in [6, 6.07) is 7.88. The van der Waals surface area contributed by atoms with Crippen LogP contribution in [0.3, 0.4) is 0 Å². The van der Waals surface area contributed by atoms with Crippen LogP contribution in [0.25, 0.3) is 0 Å². The third kappa shape index (κ3) is 4.29. The molecule has 0 spiro atoms. The highest BCUT2D eigenvalue weighted by Crippen LogP contribution is 2.30. The van der Waals surface area contributed by atoms with Crippen LogP contribution in [-0.2, 0) is 16.2 Å². The van der Waals surface area contributed by atoms with Crippen LogP contribution in [0, 0.1) is 5.82 Å². The highest BCUT2D eigenvalue weighted by atomic mass is 32.2. The number of sulfonamides is 1. The van der Waals surface area contributed by atoms with Crippen LogP contribution in [0.2, 0.25) is 0 Å². The fourth-order valence-electron chi connectivity index (χ4n) is 1.96. The Morgan fingerprint density at radius 1 is 1.04 bits per heavy atom. The zero-order valence-corrected chi connectivity index (χ0v) is 12.7.